The zero-order chi connectivity index (χ0) is 6.73. The third kappa shape index (κ3) is 2.84. The topological polar surface area (TPSA) is 40.5 Å². The van der Waals surface area contributed by atoms with Crippen molar-refractivity contribution in [3.8, 4) is 0 Å². The second-order valence-corrected chi connectivity index (χ2v) is 3.87. The summed E-state index contributed by atoms with van der Waals surface area (Å²) in [6.45, 7) is 3.44. The summed E-state index contributed by atoms with van der Waals surface area (Å²) < 4.78 is 0.118. The first kappa shape index (κ1) is 8.65. The highest BCUT2D eigenvalue weighted by Gasteiger charge is 2.15. The fourth-order valence-corrected chi connectivity index (χ4v) is 0.985. The van der Waals surface area contributed by atoms with E-state index in [9.17, 15) is 0 Å². The Morgan fingerprint density at radius 1 is 1.25 bits per heavy atom. The van der Waals surface area contributed by atoms with Crippen molar-refractivity contribution >= 4 is 22.6 Å². The molecule has 8 heavy (non-hydrogen) atoms. The first-order valence-electron chi connectivity index (χ1n) is 2.56. The van der Waals surface area contributed by atoms with Crippen molar-refractivity contribution in [3.63, 3.8) is 0 Å². The van der Waals surface area contributed by atoms with Crippen LogP contribution in [0.15, 0.2) is 0 Å². The number of rotatable bonds is 2. The first-order valence-corrected chi connectivity index (χ1v) is 3.80. The Kier molecular flexibility index (Phi) is 3.93. The molecule has 0 aliphatic rings. The van der Waals surface area contributed by atoms with Gasteiger partial charge in [0.05, 0.1) is 12.2 Å². The molecule has 3 atom stereocenters. The summed E-state index contributed by atoms with van der Waals surface area (Å²) in [5.41, 5.74) is 0. The standard InChI is InChI=1S/C5H11IO2/c1-3(6)5(8)4(2)7/h3-5,7-8H,1-2H3/t3-,4+,5-/m1/s1. The minimum Gasteiger partial charge on any atom is -0.391 e. The number of hydrogen-bond donors (Lipinski definition) is 2. The summed E-state index contributed by atoms with van der Waals surface area (Å²) in [5.74, 6) is 0. The Hall–Kier alpha value is 0.650. The number of aliphatic hydroxyl groups excluding tert-OH is 2. The molecule has 0 saturated carbocycles. The molecule has 0 rings (SSSR count). The van der Waals surface area contributed by atoms with E-state index in [1.165, 1.54) is 0 Å². The zero-order valence-electron chi connectivity index (χ0n) is 5.00. The normalized spacial score (nSPS) is 22.1. The molecule has 0 aromatic rings. The minimum atomic E-state index is -0.609. The van der Waals surface area contributed by atoms with Crippen molar-refractivity contribution in [3.05, 3.63) is 0 Å². The summed E-state index contributed by atoms with van der Waals surface area (Å²) in [6, 6.07) is 0. The lowest BCUT2D eigenvalue weighted by molar-refractivity contribution is 0.0356. The van der Waals surface area contributed by atoms with Crippen LogP contribution in [0, 0.1) is 0 Å². The number of halogens is 1. The fourth-order valence-electron chi connectivity index (χ4n) is 0.384. The van der Waals surface area contributed by atoms with E-state index in [2.05, 4.69) is 22.6 Å². The van der Waals surface area contributed by atoms with Crippen molar-refractivity contribution in [2.75, 3.05) is 0 Å². The molecule has 2 N–H and O–H groups in total. The van der Waals surface area contributed by atoms with Crippen LogP contribution in [-0.4, -0.2) is 26.3 Å². The largest absolute Gasteiger partial charge is 0.391 e. The van der Waals surface area contributed by atoms with E-state index in [0.29, 0.717) is 0 Å². The molecule has 0 fully saturated rings. The molecular formula is C5H11IO2. The van der Waals surface area contributed by atoms with Gasteiger partial charge in [0.1, 0.15) is 0 Å². The molecule has 0 heterocycles. The van der Waals surface area contributed by atoms with E-state index in [1.807, 2.05) is 6.92 Å². The van der Waals surface area contributed by atoms with Crippen LogP contribution >= 0.6 is 22.6 Å². The molecule has 0 saturated heterocycles. The van der Waals surface area contributed by atoms with E-state index in [1.54, 1.807) is 6.92 Å². The molecule has 0 aliphatic heterocycles. The maximum atomic E-state index is 8.95. The Balaban J connectivity index is 3.46. The van der Waals surface area contributed by atoms with Crippen molar-refractivity contribution < 1.29 is 10.2 Å². The molecule has 50 valence electrons. The van der Waals surface area contributed by atoms with Crippen LogP contribution in [0.25, 0.3) is 0 Å². The molecule has 0 aromatic heterocycles. The molecule has 3 heteroatoms. The van der Waals surface area contributed by atoms with E-state index < -0.39 is 12.2 Å². The number of aliphatic hydroxyl groups is 2. The van der Waals surface area contributed by atoms with E-state index in [0.717, 1.165) is 0 Å². The summed E-state index contributed by atoms with van der Waals surface area (Å²) in [6.07, 6.45) is -1.20. The molecule has 0 spiro atoms. The van der Waals surface area contributed by atoms with E-state index >= 15 is 0 Å². The number of alkyl halides is 1. The molecule has 0 unspecified atom stereocenters. The van der Waals surface area contributed by atoms with Crippen LogP contribution in [0.4, 0.5) is 0 Å². The smallest absolute Gasteiger partial charge is 0.0910 e. The molecule has 0 radical (unpaired) electrons. The van der Waals surface area contributed by atoms with Crippen LogP contribution in [0.2, 0.25) is 0 Å². The average Bonchev–Trinajstić information content (AvgIpc) is 1.64. The van der Waals surface area contributed by atoms with Gasteiger partial charge in [0.2, 0.25) is 0 Å². The predicted octanol–water partition coefficient (Wildman–Crippen LogP) is 0.552. The highest BCUT2D eigenvalue weighted by molar-refractivity contribution is 14.1. The lowest BCUT2D eigenvalue weighted by Gasteiger charge is -2.14. The third-order valence-corrected chi connectivity index (χ3v) is 1.70. The molecule has 0 aliphatic carbocycles. The Bertz CT molecular complexity index is 55.4. The van der Waals surface area contributed by atoms with Crippen molar-refractivity contribution in [1.29, 1.82) is 0 Å². The van der Waals surface area contributed by atoms with Crippen molar-refractivity contribution in [2.45, 2.75) is 30.0 Å². The minimum absolute atomic E-state index is 0.118. The predicted molar refractivity (Wildman–Crippen MR) is 41.2 cm³/mol. The van der Waals surface area contributed by atoms with Crippen LogP contribution in [0.3, 0.4) is 0 Å². The van der Waals surface area contributed by atoms with E-state index in [-0.39, 0.29) is 3.92 Å². The maximum Gasteiger partial charge on any atom is 0.0910 e. The van der Waals surface area contributed by atoms with Gasteiger partial charge in [-0.2, -0.15) is 0 Å². The van der Waals surface area contributed by atoms with Crippen LogP contribution < -0.4 is 0 Å². The highest BCUT2D eigenvalue weighted by atomic mass is 127. The summed E-state index contributed by atoms with van der Waals surface area (Å²) in [7, 11) is 0. The van der Waals surface area contributed by atoms with E-state index in [4.69, 9.17) is 10.2 Å². The Labute approximate surface area is 63.0 Å². The molecule has 0 aromatic carbocycles. The van der Waals surface area contributed by atoms with Crippen LogP contribution in [0.1, 0.15) is 13.8 Å². The summed E-state index contributed by atoms with van der Waals surface area (Å²) >= 11 is 2.07. The number of hydrogen-bond acceptors (Lipinski definition) is 2. The van der Waals surface area contributed by atoms with Gasteiger partial charge in [0.15, 0.2) is 0 Å². The lowest BCUT2D eigenvalue weighted by atomic mass is 10.2. The summed E-state index contributed by atoms with van der Waals surface area (Å²) in [5, 5.41) is 17.7. The van der Waals surface area contributed by atoms with Crippen LogP contribution in [-0.2, 0) is 0 Å². The second kappa shape index (κ2) is 3.63. The molecule has 2 nitrogen and oxygen atoms in total. The average molecular weight is 230 g/mol. The quantitative estimate of drug-likeness (QED) is 0.537. The van der Waals surface area contributed by atoms with Gasteiger partial charge in [-0.15, -0.1) is 0 Å². The van der Waals surface area contributed by atoms with Gasteiger partial charge in [-0.3, -0.25) is 0 Å². The van der Waals surface area contributed by atoms with Gasteiger partial charge in [-0.25, -0.2) is 0 Å². The molecule has 0 bridgehead atoms. The van der Waals surface area contributed by atoms with Gasteiger partial charge >= 0.3 is 0 Å². The van der Waals surface area contributed by atoms with Gasteiger partial charge in [0, 0.05) is 3.92 Å². The van der Waals surface area contributed by atoms with Gasteiger partial charge in [-0.1, -0.05) is 29.5 Å². The van der Waals surface area contributed by atoms with Gasteiger partial charge < -0.3 is 10.2 Å². The molecule has 0 amide bonds. The zero-order valence-corrected chi connectivity index (χ0v) is 7.16. The lowest BCUT2D eigenvalue weighted by Crippen LogP contribution is -2.29. The van der Waals surface area contributed by atoms with Crippen molar-refractivity contribution in [2.24, 2.45) is 0 Å². The third-order valence-electron chi connectivity index (χ3n) is 0.965. The molecular weight excluding hydrogens is 219 g/mol. The SMILES string of the molecule is C[C@H](O)[C@H](O)[C@@H](C)I. The van der Waals surface area contributed by atoms with Crippen LogP contribution in [0.5, 0.6) is 0 Å². The Morgan fingerprint density at radius 2 is 1.62 bits per heavy atom. The highest BCUT2D eigenvalue weighted by Crippen LogP contribution is 2.07. The maximum absolute atomic E-state index is 8.95. The monoisotopic (exact) mass is 230 g/mol. The van der Waals surface area contributed by atoms with Gasteiger partial charge in [0.25, 0.3) is 0 Å². The Morgan fingerprint density at radius 3 is 1.62 bits per heavy atom. The second-order valence-electron chi connectivity index (χ2n) is 1.91. The van der Waals surface area contributed by atoms with Crippen molar-refractivity contribution in [1.82, 2.24) is 0 Å². The summed E-state index contributed by atoms with van der Waals surface area (Å²) in [4.78, 5) is 0. The van der Waals surface area contributed by atoms with Gasteiger partial charge in [-0.05, 0) is 6.92 Å². The first-order chi connectivity index (χ1) is 3.55. The fraction of sp³-hybridized carbons (Fsp3) is 1.00.